The van der Waals surface area contributed by atoms with Crippen molar-refractivity contribution in [3.63, 3.8) is 0 Å². The molecule has 0 heterocycles. The number of hydrogen-bond acceptors (Lipinski definition) is 6. The number of alkyl halides is 2. The summed E-state index contributed by atoms with van der Waals surface area (Å²) in [6, 6.07) is 0. The van der Waals surface area contributed by atoms with E-state index in [9.17, 15) is 20.4 Å². The molecule has 6 nitrogen and oxygen atoms in total. The minimum atomic E-state index is -1.43. The van der Waals surface area contributed by atoms with Crippen LogP contribution in [0.25, 0.3) is 0 Å². The summed E-state index contributed by atoms with van der Waals surface area (Å²) in [5.41, 5.74) is 0. The average Bonchev–Trinajstić information content (AvgIpc) is 2.37. The summed E-state index contributed by atoms with van der Waals surface area (Å²) in [5, 5.41) is 44.0. The first kappa shape index (κ1) is 25.9. The summed E-state index contributed by atoms with van der Waals surface area (Å²) < 4.78 is 0. The van der Waals surface area contributed by atoms with Crippen LogP contribution in [0.5, 0.6) is 0 Å². The molecule has 0 aromatic carbocycles. The fourth-order valence-electron chi connectivity index (χ4n) is 1.33. The Morgan fingerprint density at radius 3 is 1.25 bits per heavy atom. The number of aliphatic hydroxyl groups excluding tert-OH is 4. The van der Waals surface area contributed by atoms with Crippen molar-refractivity contribution < 1.29 is 20.4 Å². The van der Waals surface area contributed by atoms with Gasteiger partial charge in [-0.25, -0.2) is 0 Å². The maximum atomic E-state index is 9.63. The maximum absolute atomic E-state index is 9.63. The van der Waals surface area contributed by atoms with Crippen LogP contribution in [0.3, 0.4) is 0 Å². The van der Waals surface area contributed by atoms with E-state index in [2.05, 4.69) is 10.6 Å². The Balaban J connectivity index is -0.00000144. The molecule has 4 atom stereocenters. The monoisotopic (exact) mass is 376 g/mol. The molecule has 0 bridgehead atoms. The molecule has 10 heteroatoms. The molecule has 0 amide bonds. The van der Waals surface area contributed by atoms with Gasteiger partial charge in [-0.15, -0.1) is 48.0 Å². The summed E-state index contributed by atoms with van der Waals surface area (Å²) in [6.07, 6.45) is -5.21. The fourth-order valence-corrected chi connectivity index (χ4v) is 1.60. The zero-order chi connectivity index (χ0) is 14.0. The van der Waals surface area contributed by atoms with Gasteiger partial charge in [-0.05, 0) is 0 Å². The Bertz CT molecular complexity index is 188. The third-order valence-electron chi connectivity index (χ3n) is 2.39. The van der Waals surface area contributed by atoms with Crippen LogP contribution < -0.4 is 10.6 Å². The minimum absolute atomic E-state index is 0. The van der Waals surface area contributed by atoms with Crippen LogP contribution in [-0.2, 0) is 0 Å². The summed E-state index contributed by atoms with van der Waals surface area (Å²) >= 11 is 10.9. The Labute approximate surface area is 141 Å². The van der Waals surface area contributed by atoms with Crippen molar-refractivity contribution in [2.24, 2.45) is 0 Å². The lowest BCUT2D eigenvalue weighted by Crippen LogP contribution is -2.50. The highest BCUT2D eigenvalue weighted by Gasteiger charge is 2.29. The Morgan fingerprint density at radius 1 is 0.700 bits per heavy atom. The first-order chi connectivity index (χ1) is 8.54. The van der Waals surface area contributed by atoms with Crippen molar-refractivity contribution in [3.05, 3.63) is 0 Å². The molecule has 0 rings (SSSR count). The molecule has 4 unspecified atom stereocenters. The lowest BCUT2D eigenvalue weighted by atomic mass is 10.0. The smallest absolute Gasteiger partial charge is 0.110 e. The van der Waals surface area contributed by atoms with Gasteiger partial charge in [0.2, 0.25) is 0 Å². The van der Waals surface area contributed by atoms with Gasteiger partial charge in [0.05, 0.1) is 12.2 Å². The summed E-state index contributed by atoms with van der Waals surface area (Å²) in [4.78, 5) is 0. The molecule has 0 aromatic rings. The van der Waals surface area contributed by atoms with Crippen molar-refractivity contribution in [3.8, 4) is 0 Å². The highest BCUT2D eigenvalue weighted by atomic mass is 35.5. The van der Waals surface area contributed by atoms with Gasteiger partial charge in [-0.3, -0.25) is 0 Å². The van der Waals surface area contributed by atoms with E-state index in [1.807, 2.05) is 0 Å². The number of rotatable bonds is 11. The van der Waals surface area contributed by atoms with Crippen LogP contribution in [0.1, 0.15) is 0 Å². The van der Waals surface area contributed by atoms with Gasteiger partial charge in [0, 0.05) is 37.9 Å². The number of halogens is 4. The van der Waals surface area contributed by atoms with Gasteiger partial charge in [0.1, 0.15) is 12.2 Å². The van der Waals surface area contributed by atoms with Crippen LogP contribution >= 0.6 is 48.0 Å². The maximum Gasteiger partial charge on any atom is 0.110 e. The molecule has 0 aliphatic carbocycles. The van der Waals surface area contributed by atoms with E-state index in [1.54, 1.807) is 0 Å². The van der Waals surface area contributed by atoms with Crippen LogP contribution in [0.2, 0.25) is 0 Å². The summed E-state index contributed by atoms with van der Waals surface area (Å²) in [5.74, 6) is 0.771. The first-order valence-electron chi connectivity index (χ1n) is 5.80. The molecule has 0 aliphatic heterocycles. The minimum Gasteiger partial charge on any atom is -0.389 e. The van der Waals surface area contributed by atoms with E-state index >= 15 is 0 Å². The second-order valence-corrected chi connectivity index (χ2v) is 4.66. The third kappa shape index (κ3) is 11.6. The van der Waals surface area contributed by atoms with E-state index in [-0.39, 0.29) is 37.9 Å². The highest BCUT2D eigenvalue weighted by Crippen LogP contribution is 2.04. The molecule has 126 valence electrons. The Hall–Kier alpha value is 0.920. The van der Waals surface area contributed by atoms with Crippen LogP contribution in [0.4, 0.5) is 0 Å². The quantitative estimate of drug-likeness (QED) is 0.202. The van der Waals surface area contributed by atoms with Crippen molar-refractivity contribution in [2.45, 2.75) is 24.4 Å². The highest BCUT2D eigenvalue weighted by molar-refractivity contribution is 6.18. The van der Waals surface area contributed by atoms with Gasteiger partial charge in [0.25, 0.3) is 0 Å². The molecule has 20 heavy (non-hydrogen) atoms. The SMILES string of the molecule is Cl.Cl.OC(CNCCCl)C(O)C(O)C(O)CNCCCl. The molecular weight excluding hydrogens is 354 g/mol. The zero-order valence-corrected chi connectivity index (χ0v) is 14.1. The van der Waals surface area contributed by atoms with E-state index in [0.717, 1.165) is 0 Å². The summed E-state index contributed by atoms with van der Waals surface area (Å²) in [6.45, 7) is 1.15. The van der Waals surface area contributed by atoms with Crippen molar-refractivity contribution in [1.82, 2.24) is 10.6 Å². The molecule has 0 aliphatic rings. The van der Waals surface area contributed by atoms with Gasteiger partial charge in [0.15, 0.2) is 0 Å². The van der Waals surface area contributed by atoms with Crippen LogP contribution in [0.15, 0.2) is 0 Å². The van der Waals surface area contributed by atoms with Gasteiger partial charge in [-0.2, -0.15) is 0 Å². The number of hydrogen-bond donors (Lipinski definition) is 6. The van der Waals surface area contributed by atoms with Crippen LogP contribution in [-0.4, -0.2) is 82.8 Å². The predicted molar refractivity (Wildman–Crippen MR) is 85.7 cm³/mol. The predicted octanol–water partition coefficient (Wildman–Crippen LogP) is -1.07. The molecule has 0 saturated heterocycles. The molecule has 0 spiro atoms. The summed E-state index contributed by atoms with van der Waals surface area (Å²) in [7, 11) is 0. The van der Waals surface area contributed by atoms with Gasteiger partial charge in [-0.1, -0.05) is 0 Å². The normalized spacial score (nSPS) is 16.5. The standard InChI is InChI=1S/C10H22Cl2N2O4.2ClH/c11-1-3-13-5-7(15)9(17)10(18)8(16)6-14-4-2-12;;/h7-10,13-18H,1-6H2;2*1H. The topological polar surface area (TPSA) is 105 Å². The Morgan fingerprint density at radius 2 is 1.00 bits per heavy atom. The van der Waals surface area contributed by atoms with E-state index < -0.39 is 24.4 Å². The second-order valence-electron chi connectivity index (χ2n) is 3.90. The first-order valence-corrected chi connectivity index (χ1v) is 6.87. The molecule has 0 radical (unpaired) electrons. The largest absolute Gasteiger partial charge is 0.389 e. The fraction of sp³-hybridized carbons (Fsp3) is 1.00. The van der Waals surface area contributed by atoms with E-state index in [1.165, 1.54) is 0 Å². The van der Waals surface area contributed by atoms with Gasteiger partial charge >= 0.3 is 0 Å². The van der Waals surface area contributed by atoms with Crippen molar-refractivity contribution in [2.75, 3.05) is 37.9 Å². The number of nitrogens with one attached hydrogen (secondary N) is 2. The molecule has 0 saturated carbocycles. The second kappa shape index (κ2) is 16.3. The van der Waals surface area contributed by atoms with E-state index in [0.29, 0.717) is 24.8 Å². The van der Waals surface area contributed by atoms with Crippen molar-refractivity contribution >= 4 is 48.0 Å². The van der Waals surface area contributed by atoms with Gasteiger partial charge < -0.3 is 31.1 Å². The van der Waals surface area contributed by atoms with Crippen LogP contribution in [0, 0.1) is 0 Å². The number of aliphatic hydroxyl groups is 4. The molecular formula is C10H24Cl4N2O4. The lowest BCUT2D eigenvalue weighted by Gasteiger charge is -2.26. The molecule has 0 fully saturated rings. The van der Waals surface area contributed by atoms with E-state index in [4.69, 9.17) is 23.2 Å². The molecule has 0 aromatic heterocycles. The average molecular weight is 378 g/mol. The Kier molecular flexibility index (Phi) is 21.1. The van der Waals surface area contributed by atoms with Crippen molar-refractivity contribution in [1.29, 1.82) is 0 Å². The molecule has 6 N–H and O–H groups in total. The lowest BCUT2D eigenvalue weighted by molar-refractivity contribution is -0.102. The third-order valence-corrected chi connectivity index (χ3v) is 2.77. The zero-order valence-electron chi connectivity index (χ0n) is 10.9.